The van der Waals surface area contributed by atoms with Crippen molar-refractivity contribution >= 4 is 5.78 Å². The lowest BCUT2D eigenvalue weighted by Crippen LogP contribution is -2.46. The van der Waals surface area contributed by atoms with E-state index in [9.17, 15) is 4.79 Å². The number of hydrogen-bond acceptors (Lipinski definition) is 1. The Kier molecular flexibility index (Phi) is 2.09. The lowest BCUT2D eigenvalue weighted by Gasteiger charge is -2.54. The molecule has 0 spiro atoms. The molecule has 14 heavy (non-hydrogen) atoms. The van der Waals surface area contributed by atoms with Crippen LogP contribution in [0.4, 0.5) is 0 Å². The summed E-state index contributed by atoms with van der Waals surface area (Å²) in [4.78, 5) is 11.5. The number of carbonyl (C=O) groups excluding carboxylic acids is 1. The molecule has 0 amide bonds. The summed E-state index contributed by atoms with van der Waals surface area (Å²) in [7, 11) is 0. The second-order valence-corrected chi connectivity index (χ2v) is 5.57. The fraction of sp³-hybridized carbons (Fsp3) is 0.769. The van der Waals surface area contributed by atoms with Gasteiger partial charge in [-0.05, 0) is 36.5 Å². The van der Waals surface area contributed by atoms with Crippen molar-refractivity contribution in [3.63, 3.8) is 0 Å². The Balaban J connectivity index is 2.36. The van der Waals surface area contributed by atoms with E-state index in [1.54, 1.807) is 0 Å². The molecule has 0 radical (unpaired) electrons. The standard InChI is InChI=1S/C13H20O/c1-10-5-4-7-12(2)9-11(14)6-8-13(10,12)3/h1,4-9H2,2-3H3/t12-,13-/m1/s1. The van der Waals surface area contributed by atoms with Crippen LogP contribution >= 0.6 is 0 Å². The van der Waals surface area contributed by atoms with Crippen LogP contribution in [0.25, 0.3) is 0 Å². The summed E-state index contributed by atoms with van der Waals surface area (Å²) in [5, 5.41) is 0. The largest absolute Gasteiger partial charge is 0.300 e. The maximum absolute atomic E-state index is 11.5. The van der Waals surface area contributed by atoms with E-state index in [1.165, 1.54) is 24.8 Å². The van der Waals surface area contributed by atoms with Gasteiger partial charge in [0.25, 0.3) is 0 Å². The zero-order valence-electron chi connectivity index (χ0n) is 9.36. The van der Waals surface area contributed by atoms with Gasteiger partial charge < -0.3 is 0 Å². The lowest BCUT2D eigenvalue weighted by atomic mass is 9.50. The maximum Gasteiger partial charge on any atom is 0.133 e. The Bertz CT molecular complexity index is 292. The highest BCUT2D eigenvalue weighted by molar-refractivity contribution is 5.80. The molecule has 0 aromatic heterocycles. The Morgan fingerprint density at radius 3 is 2.64 bits per heavy atom. The Morgan fingerprint density at radius 1 is 1.21 bits per heavy atom. The molecule has 0 aromatic carbocycles. The second kappa shape index (κ2) is 2.95. The summed E-state index contributed by atoms with van der Waals surface area (Å²) in [6.07, 6.45) is 6.17. The molecule has 0 saturated heterocycles. The van der Waals surface area contributed by atoms with Crippen LogP contribution in [0.5, 0.6) is 0 Å². The lowest BCUT2D eigenvalue weighted by molar-refractivity contribution is -0.129. The third-order valence-electron chi connectivity index (χ3n) is 4.81. The Labute approximate surface area is 86.6 Å². The minimum absolute atomic E-state index is 0.206. The van der Waals surface area contributed by atoms with Crippen molar-refractivity contribution in [2.24, 2.45) is 10.8 Å². The molecule has 78 valence electrons. The highest BCUT2D eigenvalue weighted by atomic mass is 16.1. The van der Waals surface area contributed by atoms with Gasteiger partial charge in [0.2, 0.25) is 0 Å². The van der Waals surface area contributed by atoms with E-state index < -0.39 is 0 Å². The summed E-state index contributed by atoms with van der Waals surface area (Å²) in [6, 6.07) is 0. The summed E-state index contributed by atoms with van der Waals surface area (Å²) in [6.45, 7) is 8.84. The van der Waals surface area contributed by atoms with Gasteiger partial charge in [0.1, 0.15) is 5.78 Å². The minimum atomic E-state index is 0.206. The number of hydrogen-bond donors (Lipinski definition) is 0. The predicted octanol–water partition coefficient (Wildman–Crippen LogP) is 3.49. The fourth-order valence-corrected chi connectivity index (χ4v) is 3.35. The van der Waals surface area contributed by atoms with Crippen molar-refractivity contribution in [3.05, 3.63) is 12.2 Å². The maximum atomic E-state index is 11.5. The van der Waals surface area contributed by atoms with Gasteiger partial charge in [-0.2, -0.15) is 0 Å². The first-order chi connectivity index (χ1) is 6.48. The molecule has 1 nitrogen and oxygen atoms in total. The molecule has 2 atom stereocenters. The van der Waals surface area contributed by atoms with E-state index in [0.29, 0.717) is 5.78 Å². The van der Waals surface area contributed by atoms with Crippen molar-refractivity contribution in [2.75, 3.05) is 0 Å². The third-order valence-corrected chi connectivity index (χ3v) is 4.81. The van der Waals surface area contributed by atoms with Crippen LogP contribution < -0.4 is 0 Å². The monoisotopic (exact) mass is 192 g/mol. The van der Waals surface area contributed by atoms with Crippen LogP contribution in [0.3, 0.4) is 0 Å². The zero-order chi connectivity index (χ0) is 10.4. The first-order valence-corrected chi connectivity index (χ1v) is 5.68. The van der Waals surface area contributed by atoms with E-state index in [1.807, 2.05) is 0 Å². The molecule has 0 bridgehead atoms. The first kappa shape index (κ1) is 9.95. The predicted molar refractivity (Wildman–Crippen MR) is 58.1 cm³/mol. The fourth-order valence-electron chi connectivity index (χ4n) is 3.35. The topological polar surface area (TPSA) is 17.1 Å². The molecule has 2 rings (SSSR count). The van der Waals surface area contributed by atoms with Crippen molar-refractivity contribution in [2.45, 2.75) is 52.4 Å². The number of fused-ring (bicyclic) bond motifs is 1. The van der Waals surface area contributed by atoms with E-state index >= 15 is 0 Å². The van der Waals surface area contributed by atoms with Crippen LogP contribution in [0.2, 0.25) is 0 Å². The van der Waals surface area contributed by atoms with Crippen molar-refractivity contribution in [1.82, 2.24) is 0 Å². The minimum Gasteiger partial charge on any atom is -0.300 e. The molecule has 1 heteroatoms. The summed E-state index contributed by atoms with van der Waals surface area (Å²) in [5.41, 5.74) is 1.83. The number of allylic oxidation sites excluding steroid dienone is 1. The molecule has 0 heterocycles. The van der Waals surface area contributed by atoms with Crippen molar-refractivity contribution in [3.8, 4) is 0 Å². The molecule has 0 aromatic rings. The van der Waals surface area contributed by atoms with E-state index in [0.717, 1.165) is 19.3 Å². The van der Waals surface area contributed by atoms with Crippen molar-refractivity contribution in [1.29, 1.82) is 0 Å². The van der Waals surface area contributed by atoms with Gasteiger partial charge in [0.05, 0.1) is 0 Å². The molecular weight excluding hydrogens is 172 g/mol. The molecule has 2 aliphatic carbocycles. The summed E-state index contributed by atoms with van der Waals surface area (Å²) < 4.78 is 0. The van der Waals surface area contributed by atoms with Gasteiger partial charge >= 0.3 is 0 Å². The summed E-state index contributed by atoms with van der Waals surface area (Å²) >= 11 is 0. The molecule has 0 unspecified atom stereocenters. The average Bonchev–Trinajstić information content (AvgIpc) is 2.10. The quantitative estimate of drug-likeness (QED) is 0.537. The number of rotatable bonds is 0. The SMILES string of the molecule is C=C1CCC[C@]2(C)CC(=O)CC[C@]12C. The van der Waals surface area contributed by atoms with Gasteiger partial charge in [-0.1, -0.05) is 26.0 Å². The molecule has 2 saturated carbocycles. The normalized spacial score (nSPS) is 43.6. The highest BCUT2D eigenvalue weighted by Crippen LogP contribution is 2.59. The third kappa shape index (κ3) is 1.18. The highest BCUT2D eigenvalue weighted by Gasteiger charge is 2.51. The molecule has 0 aliphatic heterocycles. The Morgan fingerprint density at radius 2 is 1.93 bits per heavy atom. The molecule has 2 aliphatic rings. The van der Waals surface area contributed by atoms with Crippen LogP contribution in [0, 0.1) is 10.8 Å². The molecule has 0 N–H and O–H groups in total. The number of Topliss-reactive ketones (excluding diaryl/α,β-unsaturated/α-hetero) is 1. The Hall–Kier alpha value is -0.590. The van der Waals surface area contributed by atoms with Gasteiger partial charge in [-0.25, -0.2) is 0 Å². The van der Waals surface area contributed by atoms with E-state index in [4.69, 9.17) is 0 Å². The van der Waals surface area contributed by atoms with Gasteiger partial charge in [-0.3, -0.25) is 4.79 Å². The smallest absolute Gasteiger partial charge is 0.133 e. The van der Waals surface area contributed by atoms with Gasteiger partial charge in [0, 0.05) is 12.8 Å². The first-order valence-electron chi connectivity index (χ1n) is 5.68. The van der Waals surface area contributed by atoms with Crippen molar-refractivity contribution < 1.29 is 4.79 Å². The van der Waals surface area contributed by atoms with Crippen LogP contribution in [-0.4, -0.2) is 5.78 Å². The second-order valence-electron chi connectivity index (χ2n) is 5.57. The molecule has 2 fully saturated rings. The van der Waals surface area contributed by atoms with E-state index in [-0.39, 0.29) is 10.8 Å². The van der Waals surface area contributed by atoms with Gasteiger partial charge in [-0.15, -0.1) is 0 Å². The van der Waals surface area contributed by atoms with Gasteiger partial charge in [0.15, 0.2) is 0 Å². The molecular formula is C13H20O. The average molecular weight is 192 g/mol. The zero-order valence-corrected chi connectivity index (χ0v) is 9.36. The van der Waals surface area contributed by atoms with Crippen LogP contribution in [-0.2, 0) is 4.79 Å². The van der Waals surface area contributed by atoms with Crippen LogP contribution in [0.1, 0.15) is 52.4 Å². The van der Waals surface area contributed by atoms with Crippen LogP contribution in [0.15, 0.2) is 12.2 Å². The number of carbonyl (C=O) groups is 1. The van der Waals surface area contributed by atoms with E-state index in [2.05, 4.69) is 20.4 Å². The number of ketones is 1. The summed E-state index contributed by atoms with van der Waals surface area (Å²) in [5.74, 6) is 0.458.